The van der Waals surface area contributed by atoms with Gasteiger partial charge in [0.15, 0.2) is 34.6 Å². The number of aliphatic carboxylic acids is 1. The number of hydrogen-bond donors (Lipinski definition) is 5. The Morgan fingerprint density at radius 2 is 1.45 bits per heavy atom. The molecule has 8 atom stereocenters. The van der Waals surface area contributed by atoms with Gasteiger partial charge in [0.2, 0.25) is 0 Å². The van der Waals surface area contributed by atoms with Gasteiger partial charge in [-0.15, -0.1) is 0 Å². The molecule has 5 aromatic carbocycles. The number of likely N-dealkylation sites (N-methyl/N-ethyl adjacent to an activating group) is 1. The number of Topliss-reactive ketones (excluding diaryl/α,β-unsaturated/α-hetero) is 1. The van der Waals surface area contributed by atoms with Crippen molar-refractivity contribution in [2.24, 2.45) is 38.9 Å². The number of phenols is 2. The first-order chi connectivity index (χ1) is 47.1. The molecule has 21 heteroatoms. The van der Waals surface area contributed by atoms with Gasteiger partial charge in [0.05, 0.1) is 40.2 Å². The van der Waals surface area contributed by atoms with Gasteiger partial charge < -0.3 is 49.5 Å². The Bertz CT molecular complexity index is 4200. The number of rotatable bonds is 15. The summed E-state index contributed by atoms with van der Waals surface area (Å²) in [5.74, 6) is 1.38. The van der Waals surface area contributed by atoms with Crippen LogP contribution in [0.4, 0.5) is 11.4 Å². The molecule has 3 aliphatic carbocycles. The van der Waals surface area contributed by atoms with Crippen molar-refractivity contribution >= 4 is 52.0 Å². The van der Waals surface area contributed by atoms with Gasteiger partial charge in [-0.1, -0.05) is 106 Å². The summed E-state index contributed by atoms with van der Waals surface area (Å²) in [7, 11) is 13.3. The van der Waals surface area contributed by atoms with Crippen molar-refractivity contribution in [2.75, 3.05) is 59.3 Å². The molecule has 0 radical (unpaired) electrons. The molecule has 6 aliphatic rings. The van der Waals surface area contributed by atoms with Crippen LogP contribution in [-0.4, -0.2) is 160 Å². The number of ether oxygens (including phenoxy) is 1. The monoisotopic (exact) mass is 1370 g/mol. The summed E-state index contributed by atoms with van der Waals surface area (Å²) in [6.45, 7) is 16.8. The topological polar surface area (TPSA) is 249 Å². The third-order valence-corrected chi connectivity index (χ3v) is 21.3. The molecule has 99 heavy (non-hydrogen) atoms. The first-order valence-electron chi connectivity index (χ1n) is 34.4. The van der Waals surface area contributed by atoms with Crippen LogP contribution in [0.5, 0.6) is 17.2 Å². The third kappa shape index (κ3) is 16.5. The Hall–Kier alpha value is -8.60. The number of piperidine rings is 1. The van der Waals surface area contributed by atoms with Crippen molar-refractivity contribution in [2.45, 2.75) is 144 Å². The normalized spacial score (nSPS) is 20.2. The number of fused-ring (bicyclic) bond motifs is 3. The van der Waals surface area contributed by atoms with Crippen LogP contribution in [-0.2, 0) is 49.0 Å². The summed E-state index contributed by atoms with van der Waals surface area (Å²) in [6.07, 6.45) is 10.8. The zero-order chi connectivity index (χ0) is 71.8. The number of phenolic OH excluding ortho intramolecular Hbond substituents is 2. The standard InChI is InChI=1S/C20H23NO4.C17H20N2S.C14H23NO.C13H18O2.C8H10N4O2.C6H5NO2/c22-13-4-3-12-9-15-20(24)6-5-14(23)18-19(20,16(12)17(13)25-18)7-8-21(15)10-11-1-2-11;1-13(18(2)3)12-19-14-8-4-6-10-16(14)20-17-11-7-5-9-15(17)19;1-5-14(11(2)10-15(3)4)12-7-6-8-13(16)9-12;1-9(2)8-11-4-6-12(7-5-11)10(3)13(14)15;1-10-4-9-6-5(10)7(13)12(3)8(14)11(6)2;8-6(9)5-2-1-3-7-4-5/h3-4,11,15,18,22,24H,1-2,5-10H2;4-11,13H,12H2,1-3H3;6-9,11,14,16H,5,10H2,1-4H3;4-7,9-10H,8H2,1-3H3,(H,14,15);4H,1-3H3;1-4H,(H,8,9)/t15-,18+,19+,20-;;11-,14+;;;/m1.0.../s1. The number of aromatic nitrogens is 5. The minimum Gasteiger partial charge on any atom is -0.508 e. The van der Waals surface area contributed by atoms with Crippen LogP contribution in [0.2, 0.25) is 0 Å². The molecule has 0 amide bonds. The highest BCUT2D eigenvalue weighted by molar-refractivity contribution is 7.99. The Morgan fingerprint density at radius 1 is 0.788 bits per heavy atom. The molecule has 3 aromatic heterocycles. The maximum atomic E-state index is 12.7. The molecule has 2 bridgehead atoms. The summed E-state index contributed by atoms with van der Waals surface area (Å²) in [4.78, 5) is 76.5. The lowest BCUT2D eigenvalue weighted by Gasteiger charge is -2.62. The number of anilines is 2. The Kier molecular flexibility index (Phi) is 24.2. The van der Waals surface area contributed by atoms with E-state index in [1.165, 1.54) is 81.5 Å². The number of para-hydroxylation sites is 2. The Morgan fingerprint density at radius 3 is 2.02 bits per heavy atom. The molecule has 14 rings (SSSR count). The van der Waals surface area contributed by atoms with E-state index in [-0.39, 0.29) is 34.4 Å². The molecule has 1 saturated heterocycles. The second-order valence-corrected chi connectivity index (χ2v) is 29.3. The van der Waals surface area contributed by atoms with Crippen molar-refractivity contribution in [3.8, 4) is 17.2 Å². The number of hydrogen-bond acceptors (Lipinski definition) is 16. The molecule has 8 aromatic rings. The summed E-state index contributed by atoms with van der Waals surface area (Å²) in [5.41, 5.74) is 6.89. The minimum absolute atomic E-state index is 0.0454. The third-order valence-electron chi connectivity index (χ3n) is 20.2. The number of carbonyl (C=O) groups is 3. The number of aryl methyl sites for hydroxylation is 2. The van der Waals surface area contributed by atoms with Crippen LogP contribution in [0.3, 0.4) is 0 Å². The summed E-state index contributed by atoms with van der Waals surface area (Å²) < 4.78 is 10.1. The second-order valence-electron chi connectivity index (χ2n) is 28.2. The molecule has 6 heterocycles. The number of carboxylic acids is 2. The lowest BCUT2D eigenvalue weighted by Crippen LogP contribution is -2.76. The smallest absolute Gasteiger partial charge is 0.337 e. The van der Waals surface area contributed by atoms with Gasteiger partial charge in [0.1, 0.15) is 5.75 Å². The second kappa shape index (κ2) is 32.2. The number of likely N-dealkylation sites (tertiary alicyclic amines) is 1. The van der Waals surface area contributed by atoms with Gasteiger partial charge in [0, 0.05) is 87.0 Å². The number of pyridine rings is 1. The molecule has 20 nitrogen and oxygen atoms in total. The van der Waals surface area contributed by atoms with Gasteiger partial charge in [-0.05, 0) is 194 Å². The fourth-order valence-electron chi connectivity index (χ4n) is 14.6. The largest absolute Gasteiger partial charge is 0.508 e. The van der Waals surface area contributed by atoms with Crippen LogP contribution in [0.15, 0.2) is 159 Å². The minimum atomic E-state index is -0.942. The molecule has 1 spiro atoms. The predicted octanol–water partition coefficient (Wildman–Crippen LogP) is 11.7. The van der Waals surface area contributed by atoms with Crippen LogP contribution >= 0.6 is 11.8 Å². The van der Waals surface area contributed by atoms with Crippen LogP contribution < -0.4 is 20.9 Å². The number of nitrogens with zero attached hydrogens (tertiary/aromatic N) is 9. The molecule has 3 aliphatic heterocycles. The maximum absolute atomic E-state index is 12.7. The zero-order valence-electron chi connectivity index (χ0n) is 59.5. The van der Waals surface area contributed by atoms with Gasteiger partial charge in [0.25, 0.3) is 5.56 Å². The van der Waals surface area contributed by atoms with E-state index in [0.29, 0.717) is 59.3 Å². The average Bonchev–Trinajstić information content (AvgIpc) is 1.58. The van der Waals surface area contributed by atoms with Gasteiger partial charge >= 0.3 is 17.6 Å². The molecule has 5 N–H and O–H groups in total. The van der Waals surface area contributed by atoms with Crippen LogP contribution in [0.1, 0.15) is 130 Å². The van der Waals surface area contributed by atoms with E-state index in [1.807, 2.05) is 54.2 Å². The first kappa shape index (κ1) is 74.6. The van der Waals surface area contributed by atoms with Gasteiger partial charge in [-0.25, -0.2) is 14.6 Å². The Balaban J connectivity index is 0.000000142. The van der Waals surface area contributed by atoms with Crippen molar-refractivity contribution in [3.63, 3.8) is 0 Å². The van der Waals surface area contributed by atoms with E-state index < -0.39 is 35.0 Å². The molecular weight excluding hydrogens is 1270 g/mol. The number of aromatic carboxylic acids is 1. The van der Waals surface area contributed by atoms with E-state index in [4.69, 9.17) is 14.9 Å². The molecular formula is C78H99N9O11S. The number of ketones is 1. The number of carbonyl (C=O) groups excluding carboxylic acids is 1. The fraction of sp³-hybridized carbons (Fsp3) is 0.449. The van der Waals surface area contributed by atoms with E-state index >= 15 is 0 Å². The Labute approximate surface area is 585 Å². The number of aliphatic hydroxyl groups is 1. The number of aromatic hydroxyl groups is 2. The SMILES string of the molecule is CC(C)Cc1ccc(C(C)C(=O)O)cc1.CC(CN1c2ccccc2Sc2ccccc21)N(C)C.CC[C@@H](c1cccc(O)c1)[C@@H](C)CN(C)C.Cn1c(=O)c2c(ncn2C)n(C)c1=O.O=C(O)c1cccnc1.O=C1CC[C@@]2(O)[C@H]3Cc4ccc(O)c5c4[C@@]2(CCN3CC2CC2)[C@H]1O5. The quantitative estimate of drug-likeness (QED) is 0.0640. The lowest BCUT2D eigenvalue weighted by molar-refractivity contribution is -0.188. The highest BCUT2D eigenvalue weighted by Crippen LogP contribution is 2.65. The van der Waals surface area contributed by atoms with Crippen molar-refractivity contribution in [1.82, 2.24) is 38.4 Å². The average molecular weight is 1370 g/mol. The van der Waals surface area contributed by atoms with E-state index in [2.05, 4.69) is 147 Å². The van der Waals surface area contributed by atoms with E-state index in [1.54, 1.807) is 43.8 Å². The number of benzene rings is 5. The summed E-state index contributed by atoms with van der Waals surface area (Å²) in [6, 6.07) is 40.2. The highest BCUT2D eigenvalue weighted by Gasteiger charge is 2.73. The van der Waals surface area contributed by atoms with Crippen molar-refractivity contribution < 1.29 is 44.7 Å². The predicted molar refractivity (Wildman–Crippen MR) is 389 cm³/mol. The van der Waals surface area contributed by atoms with Crippen molar-refractivity contribution in [1.29, 1.82) is 0 Å². The number of imidazole rings is 1. The van der Waals surface area contributed by atoms with E-state index in [9.17, 15) is 39.3 Å². The maximum Gasteiger partial charge on any atom is 0.337 e. The summed E-state index contributed by atoms with van der Waals surface area (Å²) in [5, 5.41) is 49.0. The number of carboxylic acid groups (broad SMARTS) is 2. The molecule has 3 fully saturated rings. The van der Waals surface area contributed by atoms with Crippen LogP contribution in [0, 0.1) is 17.8 Å². The first-order valence-corrected chi connectivity index (χ1v) is 35.2. The van der Waals surface area contributed by atoms with Gasteiger partial charge in [-0.3, -0.25) is 33.4 Å². The lowest BCUT2D eigenvalue weighted by atomic mass is 9.49. The fourth-order valence-corrected chi connectivity index (χ4v) is 15.7. The van der Waals surface area contributed by atoms with Crippen molar-refractivity contribution in [3.05, 3.63) is 194 Å². The molecule has 2 unspecified atom stereocenters. The molecule has 2 saturated carbocycles. The van der Waals surface area contributed by atoms with Gasteiger partial charge in [-0.2, -0.15) is 0 Å². The molecule has 528 valence electrons. The van der Waals surface area contributed by atoms with Crippen LogP contribution in [0.25, 0.3) is 11.2 Å². The highest BCUT2D eigenvalue weighted by atomic mass is 32.2. The summed E-state index contributed by atoms with van der Waals surface area (Å²) >= 11 is 1.87. The van der Waals surface area contributed by atoms with E-state index in [0.717, 1.165) is 79.0 Å². The zero-order valence-corrected chi connectivity index (χ0v) is 60.3.